The Bertz CT molecular complexity index is 207. The highest BCUT2D eigenvalue weighted by Crippen LogP contribution is 2.05. The Balaban J connectivity index is 3.51. The Hall–Kier alpha value is -1.03. The van der Waals surface area contributed by atoms with Gasteiger partial charge in [0.2, 0.25) is 0 Å². The molecule has 4 nitrogen and oxygen atoms in total. The first-order valence-corrected chi connectivity index (χ1v) is 5.28. The number of carbonyl (C=O) groups excluding carboxylic acids is 1. The average Bonchev–Trinajstić information content (AvgIpc) is 2.08. The van der Waals surface area contributed by atoms with Gasteiger partial charge in [-0.2, -0.15) is 0 Å². The molecule has 0 bridgehead atoms. The van der Waals surface area contributed by atoms with Crippen molar-refractivity contribution in [1.82, 2.24) is 10.6 Å². The third kappa shape index (κ3) is 10.9. The Morgan fingerprint density at radius 2 is 1.87 bits per heavy atom. The van der Waals surface area contributed by atoms with Crippen molar-refractivity contribution < 1.29 is 9.53 Å². The lowest BCUT2D eigenvalue weighted by atomic mass is 10.2. The number of hydrogen-bond acceptors (Lipinski definition) is 3. The maximum atomic E-state index is 11.2. The lowest BCUT2D eigenvalue weighted by Gasteiger charge is -2.19. The Morgan fingerprint density at radius 3 is 2.40 bits per heavy atom. The summed E-state index contributed by atoms with van der Waals surface area (Å²) in [5.74, 6) is 0. The highest BCUT2D eigenvalue weighted by molar-refractivity contribution is 5.67. The van der Waals surface area contributed by atoms with Crippen molar-refractivity contribution in [1.29, 1.82) is 0 Å². The number of likely N-dealkylation sites (N-methyl/N-ethyl adjacent to an activating group) is 1. The fourth-order valence-electron chi connectivity index (χ4n) is 0.851. The molecule has 15 heavy (non-hydrogen) atoms. The second-order valence-electron chi connectivity index (χ2n) is 4.16. The molecule has 88 valence electrons. The van der Waals surface area contributed by atoms with Gasteiger partial charge in [0.05, 0.1) is 0 Å². The van der Waals surface area contributed by atoms with Gasteiger partial charge >= 0.3 is 6.09 Å². The third-order valence-corrected chi connectivity index (χ3v) is 1.44. The van der Waals surface area contributed by atoms with E-state index in [0.29, 0.717) is 6.54 Å². The molecular weight excluding hydrogens is 192 g/mol. The van der Waals surface area contributed by atoms with Gasteiger partial charge in [-0.25, -0.2) is 4.79 Å². The summed E-state index contributed by atoms with van der Waals surface area (Å²) in [5, 5.41) is 5.78. The van der Waals surface area contributed by atoms with E-state index in [9.17, 15) is 4.79 Å². The third-order valence-electron chi connectivity index (χ3n) is 1.44. The van der Waals surface area contributed by atoms with Crippen molar-refractivity contribution in [3.63, 3.8) is 0 Å². The van der Waals surface area contributed by atoms with Gasteiger partial charge in [0.25, 0.3) is 0 Å². The van der Waals surface area contributed by atoms with Crippen molar-refractivity contribution in [3.8, 4) is 0 Å². The maximum absolute atomic E-state index is 11.2. The van der Waals surface area contributed by atoms with Gasteiger partial charge in [-0.1, -0.05) is 19.1 Å². The van der Waals surface area contributed by atoms with Crippen LogP contribution in [0.25, 0.3) is 0 Å². The van der Waals surface area contributed by atoms with E-state index in [0.717, 1.165) is 13.1 Å². The Morgan fingerprint density at radius 1 is 1.27 bits per heavy atom. The first-order chi connectivity index (χ1) is 6.95. The first-order valence-electron chi connectivity index (χ1n) is 5.28. The highest BCUT2D eigenvalue weighted by atomic mass is 16.6. The van der Waals surface area contributed by atoms with Gasteiger partial charge in [-0.3, -0.25) is 0 Å². The van der Waals surface area contributed by atoms with Gasteiger partial charge in [0.1, 0.15) is 5.60 Å². The molecule has 0 saturated carbocycles. The Labute approximate surface area is 92.1 Å². The standard InChI is InChI=1S/C11H22N2O2/c1-5-12-8-6-7-9-13-10(14)15-11(2,3)4/h6-7,12H,5,8-9H2,1-4H3,(H,13,14)/b7-6+. The molecule has 0 atom stereocenters. The van der Waals surface area contributed by atoms with E-state index in [4.69, 9.17) is 4.74 Å². The molecule has 0 saturated heterocycles. The molecule has 4 heteroatoms. The van der Waals surface area contributed by atoms with Gasteiger partial charge in [0, 0.05) is 13.1 Å². The van der Waals surface area contributed by atoms with Crippen LogP contribution in [0.5, 0.6) is 0 Å². The number of hydrogen-bond donors (Lipinski definition) is 2. The molecule has 1 amide bonds. The molecular formula is C11H22N2O2. The summed E-state index contributed by atoms with van der Waals surface area (Å²) < 4.78 is 5.07. The van der Waals surface area contributed by atoms with Crippen LogP contribution < -0.4 is 10.6 Å². The first kappa shape index (κ1) is 14.0. The molecule has 0 rings (SSSR count). The minimum Gasteiger partial charge on any atom is -0.444 e. The minimum atomic E-state index is -0.433. The normalized spacial score (nSPS) is 11.7. The van der Waals surface area contributed by atoms with E-state index < -0.39 is 5.60 Å². The van der Waals surface area contributed by atoms with E-state index in [1.165, 1.54) is 0 Å². The molecule has 2 N–H and O–H groups in total. The van der Waals surface area contributed by atoms with Crippen molar-refractivity contribution in [2.24, 2.45) is 0 Å². The monoisotopic (exact) mass is 214 g/mol. The summed E-state index contributed by atoms with van der Waals surface area (Å²) in [6, 6.07) is 0. The minimum absolute atomic E-state index is 0.379. The Kier molecular flexibility index (Phi) is 6.79. The molecule has 0 aliphatic heterocycles. The van der Waals surface area contributed by atoms with E-state index >= 15 is 0 Å². The van der Waals surface area contributed by atoms with Crippen LogP contribution in [-0.2, 0) is 4.74 Å². The van der Waals surface area contributed by atoms with E-state index in [2.05, 4.69) is 10.6 Å². The summed E-state index contributed by atoms with van der Waals surface area (Å²) in [5.41, 5.74) is -0.433. The lowest BCUT2D eigenvalue weighted by molar-refractivity contribution is 0.0534. The molecule has 0 aromatic rings. The van der Waals surface area contributed by atoms with Crippen LogP contribution in [0, 0.1) is 0 Å². The predicted molar refractivity (Wildman–Crippen MR) is 61.9 cm³/mol. The summed E-state index contributed by atoms with van der Waals surface area (Å²) in [6.07, 6.45) is 3.49. The van der Waals surface area contributed by atoms with E-state index in [-0.39, 0.29) is 6.09 Å². The second kappa shape index (κ2) is 7.29. The van der Waals surface area contributed by atoms with Gasteiger partial charge in [0.15, 0.2) is 0 Å². The van der Waals surface area contributed by atoms with Crippen molar-refractivity contribution in [2.75, 3.05) is 19.6 Å². The number of carbonyl (C=O) groups is 1. The fraction of sp³-hybridized carbons (Fsp3) is 0.727. The lowest BCUT2D eigenvalue weighted by Crippen LogP contribution is -2.32. The van der Waals surface area contributed by atoms with Gasteiger partial charge in [-0.05, 0) is 27.3 Å². The zero-order valence-electron chi connectivity index (χ0n) is 10.1. The number of alkyl carbamates (subject to hydrolysis) is 1. The van der Waals surface area contributed by atoms with Crippen molar-refractivity contribution in [2.45, 2.75) is 33.3 Å². The molecule has 0 unspecified atom stereocenters. The topological polar surface area (TPSA) is 50.4 Å². The molecule has 0 fully saturated rings. The summed E-state index contributed by atoms with van der Waals surface area (Å²) in [7, 11) is 0. The van der Waals surface area contributed by atoms with Crippen molar-refractivity contribution >= 4 is 6.09 Å². The van der Waals surface area contributed by atoms with Crippen molar-refractivity contribution in [3.05, 3.63) is 12.2 Å². The largest absolute Gasteiger partial charge is 0.444 e. The van der Waals surface area contributed by atoms with Gasteiger partial charge in [-0.15, -0.1) is 0 Å². The zero-order chi connectivity index (χ0) is 11.7. The highest BCUT2D eigenvalue weighted by Gasteiger charge is 2.14. The number of rotatable bonds is 5. The maximum Gasteiger partial charge on any atom is 0.407 e. The average molecular weight is 214 g/mol. The summed E-state index contributed by atoms with van der Waals surface area (Å²) in [6.45, 7) is 9.85. The molecule has 0 aliphatic carbocycles. The smallest absolute Gasteiger partial charge is 0.407 e. The summed E-state index contributed by atoms with van der Waals surface area (Å²) >= 11 is 0. The molecule has 0 aromatic carbocycles. The molecule has 0 spiro atoms. The summed E-state index contributed by atoms with van der Waals surface area (Å²) in [4.78, 5) is 11.2. The SMILES string of the molecule is CCNC/C=C/CNC(=O)OC(C)(C)C. The number of amides is 1. The van der Waals surface area contributed by atoms with Crippen LogP contribution in [0.4, 0.5) is 4.79 Å². The molecule has 0 heterocycles. The zero-order valence-corrected chi connectivity index (χ0v) is 10.1. The second-order valence-corrected chi connectivity index (χ2v) is 4.16. The fourth-order valence-corrected chi connectivity index (χ4v) is 0.851. The van der Waals surface area contributed by atoms with Crippen LogP contribution in [0.3, 0.4) is 0 Å². The predicted octanol–water partition coefficient (Wildman–Crippen LogP) is 1.68. The van der Waals surface area contributed by atoms with Crippen LogP contribution in [0.1, 0.15) is 27.7 Å². The number of ether oxygens (including phenoxy) is 1. The number of nitrogens with one attached hydrogen (secondary N) is 2. The van der Waals surface area contributed by atoms with Gasteiger partial charge < -0.3 is 15.4 Å². The molecule has 0 aromatic heterocycles. The van der Waals surface area contributed by atoms with Crippen LogP contribution in [0.2, 0.25) is 0 Å². The van der Waals surface area contributed by atoms with Crippen LogP contribution >= 0.6 is 0 Å². The van der Waals surface area contributed by atoms with E-state index in [1.54, 1.807) is 0 Å². The quantitative estimate of drug-likeness (QED) is 0.541. The van der Waals surface area contributed by atoms with E-state index in [1.807, 2.05) is 39.8 Å². The molecule has 0 aliphatic rings. The van der Waals surface area contributed by atoms with Crippen LogP contribution in [-0.4, -0.2) is 31.3 Å². The van der Waals surface area contributed by atoms with Crippen LogP contribution in [0.15, 0.2) is 12.2 Å². The molecule has 0 radical (unpaired) electrons.